The Morgan fingerprint density at radius 3 is 2.54 bits per heavy atom. The molecule has 3 N–H and O–H groups in total. The molecule has 1 aromatic carbocycles. The molecule has 0 saturated heterocycles. The topological polar surface area (TPSA) is 56.9 Å². The van der Waals surface area contributed by atoms with Gasteiger partial charge in [0.2, 0.25) is 0 Å². The van der Waals surface area contributed by atoms with Crippen LogP contribution in [0.3, 0.4) is 0 Å². The van der Waals surface area contributed by atoms with Crippen molar-refractivity contribution in [1.82, 2.24) is 15.8 Å². The van der Waals surface area contributed by atoms with Gasteiger partial charge < -0.3 is 0 Å². The summed E-state index contributed by atoms with van der Waals surface area (Å²) in [6.45, 7) is 0. The third-order valence-electron chi connectivity index (χ3n) is 1.80. The van der Waals surface area contributed by atoms with E-state index in [0.29, 0.717) is 0 Å². The van der Waals surface area contributed by atoms with Gasteiger partial charge in [0.25, 0.3) is 0 Å². The summed E-state index contributed by atoms with van der Waals surface area (Å²) in [5.41, 5.74) is 3.84. The van der Waals surface area contributed by atoms with Gasteiger partial charge in [0, 0.05) is 12.6 Å². The first-order valence-electron chi connectivity index (χ1n) is 3.96. The van der Waals surface area contributed by atoms with Crippen LogP contribution in [-0.4, -0.2) is 23.1 Å². The van der Waals surface area contributed by atoms with E-state index in [1.807, 2.05) is 37.4 Å². The van der Waals surface area contributed by atoms with Crippen molar-refractivity contribution in [3.63, 3.8) is 0 Å². The van der Waals surface area contributed by atoms with Gasteiger partial charge in [-0.3, -0.25) is 5.01 Å². The van der Waals surface area contributed by atoms with Crippen LogP contribution in [0.1, 0.15) is 5.56 Å². The second-order valence-electron chi connectivity index (χ2n) is 2.79. The molecule has 2 rings (SSSR count). The van der Waals surface area contributed by atoms with Crippen LogP contribution >= 0.6 is 0 Å². The zero-order chi connectivity index (χ0) is 9.26. The molecule has 1 aliphatic heterocycles. The Balaban J connectivity index is 2.32. The summed E-state index contributed by atoms with van der Waals surface area (Å²) in [6.07, 6.45) is 0. The summed E-state index contributed by atoms with van der Waals surface area (Å²) < 4.78 is 0. The third-order valence-corrected chi connectivity index (χ3v) is 1.80. The van der Waals surface area contributed by atoms with E-state index >= 15 is 0 Å². The molecule has 5 nitrogen and oxygen atoms in total. The van der Waals surface area contributed by atoms with Crippen LogP contribution in [0.15, 0.2) is 35.4 Å². The number of nitrogens with one attached hydrogen (secondary N) is 1. The Kier molecular flexibility index (Phi) is 1.88. The fraction of sp³-hybridized carbons (Fsp3) is 0.125. The molecule has 5 heteroatoms. The predicted octanol–water partition coefficient (Wildman–Crippen LogP) is -0.111. The van der Waals surface area contributed by atoms with Crippen molar-refractivity contribution in [2.24, 2.45) is 10.9 Å². The molecule has 0 bridgehead atoms. The average molecular weight is 177 g/mol. The standard InChI is InChI=1S/C8H11N5/c1-12-8(10-13(9)11-12)7-5-3-2-4-6-7/h2-6,11H,9H2,1H3. The molecule has 0 unspecified atom stereocenters. The Hall–Kier alpha value is -1.59. The Morgan fingerprint density at radius 1 is 1.31 bits per heavy atom. The maximum Gasteiger partial charge on any atom is 0.174 e. The largest absolute Gasteiger partial charge is 0.273 e. The van der Waals surface area contributed by atoms with Gasteiger partial charge in [-0.2, -0.15) is 0 Å². The van der Waals surface area contributed by atoms with Crippen LogP contribution in [0.25, 0.3) is 0 Å². The molecule has 0 amide bonds. The average Bonchev–Trinajstić information content (AvgIpc) is 2.47. The molecule has 0 aromatic heterocycles. The fourth-order valence-corrected chi connectivity index (χ4v) is 1.23. The Morgan fingerprint density at radius 2 is 2.00 bits per heavy atom. The molecule has 0 fully saturated rings. The van der Waals surface area contributed by atoms with Crippen LogP contribution in [0.5, 0.6) is 0 Å². The highest BCUT2D eigenvalue weighted by Gasteiger charge is 2.17. The fourth-order valence-electron chi connectivity index (χ4n) is 1.23. The highest BCUT2D eigenvalue weighted by Crippen LogP contribution is 2.06. The summed E-state index contributed by atoms with van der Waals surface area (Å²) >= 11 is 0. The van der Waals surface area contributed by atoms with Gasteiger partial charge >= 0.3 is 0 Å². The molecule has 0 spiro atoms. The summed E-state index contributed by atoms with van der Waals surface area (Å²) in [6, 6.07) is 9.86. The van der Waals surface area contributed by atoms with Crippen molar-refractivity contribution in [2.75, 3.05) is 7.05 Å². The van der Waals surface area contributed by atoms with Crippen molar-refractivity contribution in [1.29, 1.82) is 0 Å². The number of amidine groups is 1. The normalized spacial score (nSPS) is 16.3. The van der Waals surface area contributed by atoms with E-state index in [-0.39, 0.29) is 0 Å². The van der Waals surface area contributed by atoms with Gasteiger partial charge in [-0.25, -0.2) is 5.84 Å². The van der Waals surface area contributed by atoms with Gasteiger partial charge in [0.05, 0.1) is 0 Å². The van der Waals surface area contributed by atoms with Gasteiger partial charge in [-0.1, -0.05) is 30.3 Å². The van der Waals surface area contributed by atoms with Gasteiger partial charge in [0.1, 0.15) is 0 Å². The van der Waals surface area contributed by atoms with Crippen molar-refractivity contribution in [3.05, 3.63) is 35.9 Å². The number of hydrogen-bond acceptors (Lipinski definition) is 5. The number of nitrogens with zero attached hydrogens (tertiary/aromatic N) is 3. The highest BCUT2D eigenvalue weighted by molar-refractivity contribution is 5.98. The zero-order valence-electron chi connectivity index (χ0n) is 7.31. The van der Waals surface area contributed by atoms with E-state index in [1.54, 1.807) is 5.01 Å². The summed E-state index contributed by atoms with van der Waals surface area (Å²) in [5, 5.41) is 7.02. The lowest BCUT2D eigenvalue weighted by Crippen LogP contribution is -2.43. The van der Waals surface area contributed by atoms with Crippen LogP contribution in [0.4, 0.5) is 0 Å². The molecule has 13 heavy (non-hydrogen) atoms. The second kappa shape index (κ2) is 3.04. The summed E-state index contributed by atoms with van der Waals surface area (Å²) in [7, 11) is 1.86. The molecule has 1 heterocycles. The quantitative estimate of drug-likeness (QED) is 0.588. The van der Waals surface area contributed by atoms with Gasteiger partial charge in [-0.15, -0.1) is 15.9 Å². The number of nitrogens with two attached hydrogens (primary N) is 1. The molecule has 68 valence electrons. The number of hydrogen-bond donors (Lipinski definition) is 2. The SMILES string of the molecule is CN1NN(N)N=C1c1ccccc1. The number of benzene rings is 1. The van der Waals surface area contributed by atoms with Crippen molar-refractivity contribution in [3.8, 4) is 0 Å². The first kappa shape index (κ1) is 8.03. The van der Waals surface area contributed by atoms with E-state index in [0.717, 1.165) is 11.4 Å². The van der Waals surface area contributed by atoms with Crippen LogP contribution in [-0.2, 0) is 0 Å². The van der Waals surface area contributed by atoms with E-state index < -0.39 is 0 Å². The third kappa shape index (κ3) is 1.47. The lowest BCUT2D eigenvalue weighted by atomic mass is 10.2. The molecule has 0 saturated carbocycles. The van der Waals surface area contributed by atoms with Crippen LogP contribution in [0, 0.1) is 0 Å². The number of rotatable bonds is 1. The van der Waals surface area contributed by atoms with Gasteiger partial charge in [0.15, 0.2) is 5.84 Å². The molecule has 0 atom stereocenters. The molecule has 0 aliphatic carbocycles. The van der Waals surface area contributed by atoms with E-state index in [1.165, 1.54) is 5.23 Å². The van der Waals surface area contributed by atoms with Gasteiger partial charge in [-0.05, 0) is 0 Å². The predicted molar refractivity (Wildman–Crippen MR) is 49.9 cm³/mol. The molecule has 0 radical (unpaired) electrons. The van der Waals surface area contributed by atoms with E-state index in [2.05, 4.69) is 10.6 Å². The molecule has 1 aliphatic rings. The lowest BCUT2D eigenvalue weighted by Gasteiger charge is -2.13. The maximum absolute atomic E-state index is 5.45. The van der Waals surface area contributed by atoms with Crippen LogP contribution < -0.4 is 11.4 Å². The smallest absolute Gasteiger partial charge is 0.174 e. The summed E-state index contributed by atoms with van der Waals surface area (Å²) in [4.78, 5) is 0. The number of hydrazine groups is 3. The van der Waals surface area contributed by atoms with Crippen molar-refractivity contribution in [2.45, 2.75) is 0 Å². The van der Waals surface area contributed by atoms with E-state index in [4.69, 9.17) is 5.84 Å². The zero-order valence-corrected chi connectivity index (χ0v) is 7.31. The van der Waals surface area contributed by atoms with Crippen molar-refractivity contribution >= 4 is 5.84 Å². The van der Waals surface area contributed by atoms with Crippen molar-refractivity contribution < 1.29 is 0 Å². The highest BCUT2D eigenvalue weighted by atomic mass is 16.0. The van der Waals surface area contributed by atoms with Crippen LogP contribution in [0.2, 0.25) is 0 Å². The summed E-state index contributed by atoms with van der Waals surface area (Å²) in [5.74, 6) is 6.25. The molecule has 1 aromatic rings. The Labute approximate surface area is 76.3 Å². The molecular weight excluding hydrogens is 166 g/mol. The molecular formula is C8H11N5. The monoisotopic (exact) mass is 177 g/mol. The minimum absolute atomic E-state index is 0.808. The second-order valence-corrected chi connectivity index (χ2v) is 2.79. The first-order valence-corrected chi connectivity index (χ1v) is 3.96. The number of hydrazone groups is 1. The maximum atomic E-state index is 5.45. The minimum atomic E-state index is 0.808. The Bertz CT molecular complexity index is 321. The minimum Gasteiger partial charge on any atom is -0.273 e. The lowest BCUT2D eigenvalue weighted by molar-refractivity contribution is 0.133. The first-order chi connectivity index (χ1) is 6.27. The van der Waals surface area contributed by atoms with E-state index in [9.17, 15) is 0 Å².